The lowest BCUT2D eigenvalue weighted by atomic mass is 9.94. The topological polar surface area (TPSA) is 112 Å². The highest BCUT2D eigenvalue weighted by atomic mass is 16.6. The molecule has 1 fully saturated rings. The Labute approximate surface area is 196 Å². The summed E-state index contributed by atoms with van der Waals surface area (Å²) in [5, 5.41) is 11.2. The molecule has 2 aliphatic heterocycles. The van der Waals surface area contributed by atoms with Crippen LogP contribution in [0.5, 0.6) is 11.5 Å². The maximum absolute atomic E-state index is 13.1. The summed E-state index contributed by atoms with van der Waals surface area (Å²) in [5.41, 5.74) is 1.19. The standard InChI is InChI=1S/C25H25NO8/c1-31-11-3-10-26-21(15-4-6-16(7-5-15)25(30)32-2)20(23(28)24(26)29)22(27)17-8-9-18-19(14-17)34-13-12-33-18/h4-9,14,21,27H,3,10-13H2,1-2H3/t21-/m0/s1. The van der Waals surface area contributed by atoms with Gasteiger partial charge in [0.05, 0.1) is 24.3 Å². The maximum Gasteiger partial charge on any atom is 0.337 e. The van der Waals surface area contributed by atoms with Gasteiger partial charge in [0, 0.05) is 25.8 Å². The molecule has 34 heavy (non-hydrogen) atoms. The van der Waals surface area contributed by atoms with Crippen molar-refractivity contribution in [3.8, 4) is 11.5 Å². The van der Waals surface area contributed by atoms with E-state index in [-0.39, 0.29) is 17.9 Å². The Kier molecular flexibility index (Phi) is 6.83. The normalized spacial score (nSPS) is 18.8. The zero-order chi connectivity index (χ0) is 24.2. The minimum absolute atomic E-state index is 0.0371. The summed E-state index contributed by atoms with van der Waals surface area (Å²) >= 11 is 0. The Hall–Kier alpha value is -3.85. The molecule has 2 heterocycles. The first-order chi connectivity index (χ1) is 16.5. The first-order valence-corrected chi connectivity index (χ1v) is 10.8. The fourth-order valence-corrected chi connectivity index (χ4v) is 4.10. The number of carbonyl (C=O) groups is 3. The van der Waals surface area contributed by atoms with Gasteiger partial charge in [0.15, 0.2) is 11.5 Å². The van der Waals surface area contributed by atoms with Gasteiger partial charge < -0.3 is 29.0 Å². The van der Waals surface area contributed by atoms with Crippen LogP contribution in [0.3, 0.4) is 0 Å². The molecule has 0 saturated carbocycles. The second kappa shape index (κ2) is 9.96. The smallest absolute Gasteiger partial charge is 0.337 e. The Morgan fingerprint density at radius 2 is 1.71 bits per heavy atom. The summed E-state index contributed by atoms with van der Waals surface area (Å²) in [6.45, 7) is 1.44. The number of aliphatic hydroxyl groups excluding tert-OH is 1. The molecule has 0 aliphatic carbocycles. The van der Waals surface area contributed by atoms with Gasteiger partial charge in [-0.1, -0.05) is 12.1 Å². The predicted molar refractivity (Wildman–Crippen MR) is 121 cm³/mol. The van der Waals surface area contributed by atoms with Crippen molar-refractivity contribution in [2.24, 2.45) is 0 Å². The Morgan fingerprint density at radius 1 is 1.03 bits per heavy atom. The summed E-state index contributed by atoms with van der Waals surface area (Å²) in [7, 11) is 2.84. The summed E-state index contributed by atoms with van der Waals surface area (Å²) in [5.74, 6) is -1.32. The van der Waals surface area contributed by atoms with E-state index in [1.54, 1.807) is 49.6 Å². The first kappa shape index (κ1) is 23.3. The third-order valence-electron chi connectivity index (χ3n) is 5.75. The molecule has 0 aromatic heterocycles. The van der Waals surface area contributed by atoms with Gasteiger partial charge >= 0.3 is 5.97 Å². The van der Waals surface area contributed by atoms with Crippen LogP contribution in [0.15, 0.2) is 48.0 Å². The van der Waals surface area contributed by atoms with Crippen LogP contribution in [0.4, 0.5) is 0 Å². The van der Waals surface area contributed by atoms with Gasteiger partial charge in [-0.3, -0.25) is 9.59 Å². The third-order valence-corrected chi connectivity index (χ3v) is 5.75. The van der Waals surface area contributed by atoms with E-state index in [4.69, 9.17) is 18.9 Å². The molecular formula is C25H25NO8. The average Bonchev–Trinajstić information content (AvgIpc) is 3.12. The van der Waals surface area contributed by atoms with Crippen molar-refractivity contribution in [1.29, 1.82) is 0 Å². The summed E-state index contributed by atoms with van der Waals surface area (Å²) in [4.78, 5) is 39.3. The summed E-state index contributed by atoms with van der Waals surface area (Å²) < 4.78 is 20.9. The van der Waals surface area contributed by atoms with Gasteiger partial charge in [-0.2, -0.15) is 0 Å². The number of likely N-dealkylation sites (tertiary alicyclic amines) is 1. The molecule has 1 atom stereocenters. The number of fused-ring (bicyclic) bond motifs is 1. The van der Waals surface area contributed by atoms with Crippen molar-refractivity contribution in [3.05, 3.63) is 64.7 Å². The first-order valence-electron chi connectivity index (χ1n) is 10.8. The van der Waals surface area contributed by atoms with E-state index in [1.807, 2.05) is 0 Å². The Balaban J connectivity index is 1.79. The molecule has 0 unspecified atom stereocenters. The number of methoxy groups -OCH3 is 2. The van der Waals surface area contributed by atoms with Crippen LogP contribution in [-0.2, 0) is 19.1 Å². The van der Waals surface area contributed by atoms with Crippen molar-refractivity contribution < 1.29 is 38.4 Å². The second-order valence-electron chi connectivity index (χ2n) is 7.81. The van der Waals surface area contributed by atoms with Crippen molar-refractivity contribution >= 4 is 23.4 Å². The van der Waals surface area contributed by atoms with E-state index in [9.17, 15) is 19.5 Å². The van der Waals surface area contributed by atoms with E-state index in [0.717, 1.165) is 0 Å². The van der Waals surface area contributed by atoms with Crippen molar-refractivity contribution in [2.45, 2.75) is 12.5 Å². The van der Waals surface area contributed by atoms with E-state index in [1.165, 1.54) is 12.0 Å². The van der Waals surface area contributed by atoms with Gasteiger partial charge in [0.2, 0.25) is 0 Å². The second-order valence-corrected chi connectivity index (χ2v) is 7.81. The number of ketones is 1. The highest BCUT2D eigenvalue weighted by Gasteiger charge is 2.45. The molecule has 1 N–H and O–H groups in total. The lowest BCUT2D eigenvalue weighted by molar-refractivity contribution is -0.140. The number of hydrogen-bond acceptors (Lipinski definition) is 8. The number of hydrogen-bond donors (Lipinski definition) is 1. The largest absolute Gasteiger partial charge is 0.507 e. The minimum Gasteiger partial charge on any atom is -0.507 e. The highest BCUT2D eigenvalue weighted by Crippen LogP contribution is 2.41. The number of ether oxygens (including phenoxy) is 4. The molecule has 1 amide bonds. The predicted octanol–water partition coefficient (Wildman–Crippen LogP) is 2.70. The van der Waals surface area contributed by atoms with Crippen LogP contribution in [0.25, 0.3) is 5.76 Å². The number of carbonyl (C=O) groups excluding carboxylic acids is 3. The van der Waals surface area contributed by atoms with Crippen LogP contribution in [0.1, 0.15) is 33.9 Å². The quantitative estimate of drug-likeness (QED) is 0.218. The van der Waals surface area contributed by atoms with Gasteiger partial charge in [-0.25, -0.2) is 4.79 Å². The number of rotatable bonds is 7. The fraction of sp³-hybridized carbons (Fsp3) is 0.320. The van der Waals surface area contributed by atoms with Crippen molar-refractivity contribution in [3.63, 3.8) is 0 Å². The van der Waals surface area contributed by atoms with E-state index < -0.39 is 23.7 Å². The van der Waals surface area contributed by atoms with Gasteiger partial charge in [-0.05, 0) is 42.3 Å². The molecule has 9 heteroatoms. The number of amides is 1. The highest BCUT2D eigenvalue weighted by molar-refractivity contribution is 6.46. The third kappa shape index (κ3) is 4.34. The molecule has 2 aromatic rings. The number of aliphatic hydroxyl groups is 1. The molecule has 9 nitrogen and oxygen atoms in total. The monoisotopic (exact) mass is 467 g/mol. The lowest BCUT2D eigenvalue weighted by Gasteiger charge is -2.25. The lowest BCUT2D eigenvalue weighted by Crippen LogP contribution is -2.31. The molecule has 0 bridgehead atoms. The molecule has 2 aliphatic rings. The maximum atomic E-state index is 13.1. The summed E-state index contributed by atoms with van der Waals surface area (Å²) in [6.07, 6.45) is 0.504. The van der Waals surface area contributed by atoms with Crippen LogP contribution in [0, 0.1) is 0 Å². The number of Topliss-reactive ketones (excluding diaryl/α,β-unsaturated/α-hetero) is 1. The van der Waals surface area contributed by atoms with E-state index in [2.05, 4.69) is 0 Å². The molecule has 0 radical (unpaired) electrons. The fourth-order valence-electron chi connectivity index (χ4n) is 4.10. The molecule has 4 rings (SSSR count). The number of nitrogens with zero attached hydrogens (tertiary/aromatic N) is 1. The molecule has 0 spiro atoms. The van der Waals surface area contributed by atoms with Crippen molar-refractivity contribution in [2.75, 3.05) is 40.6 Å². The van der Waals surface area contributed by atoms with Crippen LogP contribution in [-0.4, -0.2) is 68.3 Å². The number of esters is 1. The Morgan fingerprint density at radius 3 is 2.38 bits per heavy atom. The van der Waals surface area contributed by atoms with Gasteiger partial charge in [0.1, 0.15) is 19.0 Å². The summed E-state index contributed by atoms with van der Waals surface area (Å²) in [6, 6.07) is 10.4. The van der Waals surface area contributed by atoms with E-state index >= 15 is 0 Å². The molecule has 2 aromatic carbocycles. The van der Waals surface area contributed by atoms with E-state index in [0.29, 0.717) is 54.4 Å². The molecule has 1 saturated heterocycles. The minimum atomic E-state index is -0.836. The Bertz CT molecular complexity index is 1140. The van der Waals surface area contributed by atoms with Gasteiger partial charge in [0.25, 0.3) is 11.7 Å². The molecular weight excluding hydrogens is 442 g/mol. The van der Waals surface area contributed by atoms with Crippen molar-refractivity contribution in [1.82, 2.24) is 4.90 Å². The molecule has 178 valence electrons. The van der Waals surface area contributed by atoms with Crippen LogP contribution >= 0.6 is 0 Å². The van der Waals surface area contributed by atoms with Crippen LogP contribution in [0.2, 0.25) is 0 Å². The van der Waals surface area contributed by atoms with Gasteiger partial charge in [-0.15, -0.1) is 0 Å². The SMILES string of the molecule is COCCCN1C(=O)C(=O)C(=C(O)c2ccc3c(c2)OCCO3)[C@@H]1c1ccc(C(=O)OC)cc1. The average molecular weight is 467 g/mol. The zero-order valence-corrected chi connectivity index (χ0v) is 18.9. The zero-order valence-electron chi connectivity index (χ0n) is 18.9. The van der Waals surface area contributed by atoms with Crippen LogP contribution < -0.4 is 9.47 Å². The number of benzene rings is 2.